The van der Waals surface area contributed by atoms with Crippen LogP contribution in [0.5, 0.6) is 0 Å². The molecule has 1 atom stereocenters. The van der Waals surface area contributed by atoms with Crippen molar-refractivity contribution in [3.63, 3.8) is 0 Å². The van der Waals surface area contributed by atoms with Crippen LogP contribution in [0, 0.1) is 0 Å². The summed E-state index contributed by atoms with van der Waals surface area (Å²) >= 11 is 1.51. The van der Waals surface area contributed by atoms with Gasteiger partial charge in [0.15, 0.2) is 0 Å². The maximum absolute atomic E-state index is 12.8. The Kier molecular flexibility index (Phi) is 6.15. The second-order valence-electron chi connectivity index (χ2n) is 5.71. The highest BCUT2D eigenvalue weighted by molar-refractivity contribution is 8.00. The molecule has 0 spiro atoms. The third-order valence-electron chi connectivity index (χ3n) is 2.66. The van der Waals surface area contributed by atoms with Gasteiger partial charge in [0.2, 0.25) is 0 Å². The molecule has 1 heterocycles. The average molecular weight is 321 g/mol. The van der Waals surface area contributed by atoms with Crippen molar-refractivity contribution >= 4 is 17.7 Å². The normalized spacial score (nSPS) is 13.7. The molecule has 0 radical (unpaired) electrons. The van der Waals surface area contributed by atoms with Gasteiger partial charge in [-0.05, 0) is 0 Å². The van der Waals surface area contributed by atoms with Gasteiger partial charge in [0, 0.05) is 35.9 Å². The summed E-state index contributed by atoms with van der Waals surface area (Å²) in [5, 5.41) is 15.7. The third-order valence-corrected chi connectivity index (χ3v) is 4.03. The molecule has 0 aliphatic carbocycles. The highest BCUT2D eigenvalue weighted by Gasteiger charge is 2.23. The first-order chi connectivity index (χ1) is 9.60. The van der Waals surface area contributed by atoms with Gasteiger partial charge in [-0.3, -0.25) is 14.8 Å². The number of hydrogen-bond donors (Lipinski definition) is 2. The number of aryl methyl sites for hydroxylation is 1. The van der Waals surface area contributed by atoms with Crippen LogP contribution >= 0.6 is 11.8 Å². The van der Waals surface area contributed by atoms with Crippen LogP contribution in [-0.4, -0.2) is 37.4 Å². The predicted octanol–water partition coefficient (Wildman–Crippen LogP) is 2.43. The van der Waals surface area contributed by atoms with E-state index < -0.39 is 18.4 Å². The molecule has 120 valence electrons. The Labute approximate surface area is 127 Å². The molecule has 5 nitrogen and oxygen atoms in total. The zero-order chi connectivity index (χ0) is 16.2. The Bertz CT molecular complexity index is 486. The quantitative estimate of drug-likeness (QED) is 0.807. The number of aliphatic carboxylic acids is 1. The number of carbonyl (C=O) groups is 1. The molecule has 1 aromatic rings. The first-order valence-corrected chi connectivity index (χ1v) is 7.49. The summed E-state index contributed by atoms with van der Waals surface area (Å²) in [6.07, 6.45) is -1.19. The summed E-state index contributed by atoms with van der Waals surface area (Å²) < 4.78 is 26.9. The number of thioether (sulfide) groups is 1. The first-order valence-electron chi connectivity index (χ1n) is 6.51. The summed E-state index contributed by atoms with van der Waals surface area (Å²) in [6.45, 7) is 6.03. The van der Waals surface area contributed by atoms with Crippen molar-refractivity contribution in [1.82, 2.24) is 15.1 Å². The SMILES string of the molecule is Cn1cc(CN[C@@H](CSC(C)(C)C)C(=O)O)c(C(F)F)n1. The van der Waals surface area contributed by atoms with Gasteiger partial charge in [-0.1, -0.05) is 20.8 Å². The van der Waals surface area contributed by atoms with Crippen molar-refractivity contribution in [3.8, 4) is 0 Å². The molecule has 1 aromatic heterocycles. The summed E-state index contributed by atoms with van der Waals surface area (Å²) in [7, 11) is 1.56. The molecule has 0 saturated carbocycles. The number of alkyl halides is 2. The molecule has 0 saturated heterocycles. The van der Waals surface area contributed by atoms with E-state index in [1.807, 2.05) is 20.8 Å². The number of aromatic nitrogens is 2. The fourth-order valence-corrected chi connectivity index (χ4v) is 2.59. The molecular weight excluding hydrogens is 300 g/mol. The van der Waals surface area contributed by atoms with E-state index in [1.54, 1.807) is 7.05 Å². The van der Waals surface area contributed by atoms with Crippen LogP contribution in [-0.2, 0) is 18.4 Å². The number of nitrogens with one attached hydrogen (secondary N) is 1. The highest BCUT2D eigenvalue weighted by Crippen LogP contribution is 2.24. The van der Waals surface area contributed by atoms with Crippen LogP contribution in [0.15, 0.2) is 6.20 Å². The van der Waals surface area contributed by atoms with Crippen LogP contribution in [0.2, 0.25) is 0 Å². The lowest BCUT2D eigenvalue weighted by Gasteiger charge is -2.21. The van der Waals surface area contributed by atoms with Crippen LogP contribution in [0.25, 0.3) is 0 Å². The maximum atomic E-state index is 12.8. The molecule has 0 unspecified atom stereocenters. The Morgan fingerprint density at radius 3 is 2.62 bits per heavy atom. The lowest BCUT2D eigenvalue weighted by Crippen LogP contribution is -2.39. The lowest BCUT2D eigenvalue weighted by atomic mass is 10.2. The first kappa shape index (κ1) is 17.9. The van der Waals surface area contributed by atoms with Gasteiger partial charge in [0.1, 0.15) is 11.7 Å². The van der Waals surface area contributed by atoms with Crippen molar-refractivity contribution in [1.29, 1.82) is 0 Å². The van der Waals surface area contributed by atoms with Gasteiger partial charge in [-0.2, -0.15) is 16.9 Å². The van der Waals surface area contributed by atoms with Crippen molar-refractivity contribution in [2.24, 2.45) is 7.05 Å². The number of rotatable bonds is 7. The molecule has 0 amide bonds. The Morgan fingerprint density at radius 2 is 2.14 bits per heavy atom. The number of hydrogen-bond acceptors (Lipinski definition) is 4. The second-order valence-corrected chi connectivity index (χ2v) is 7.56. The van der Waals surface area contributed by atoms with Gasteiger partial charge >= 0.3 is 5.97 Å². The lowest BCUT2D eigenvalue weighted by molar-refractivity contribution is -0.138. The zero-order valence-corrected chi connectivity index (χ0v) is 13.4. The van der Waals surface area contributed by atoms with Crippen molar-refractivity contribution in [2.75, 3.05) is 5.75 Å². The summed E-state index contributed by atoms with van der Waals surface area (Å²) in [5.74, 6) is -0.627. The van der Waals surface area contributed by atoms with Gasteiger partial charge in [0.25, 0.3) is 6.43 Å². The molecule has 21 heavy (non-hydrogen) atoms. The number of carboxylic acid groups (broad SMARTS) is 1. The molecule has 8 heteroatoms. The predicted molar refractivity (Wildman–Crippen MR) is 78.6 cm³/mol. The van der Waals surface area contributed by atoms with Crippen LogP contribution in [0.1, 0.15) is 38.5 Å². The number of carboxylic acids is 1. The standard InChI is InChI=1S/C13H21F2N3O2S/c1-13(2,3)21-7-9(12(19)20)16-5-8-6-18(4)17-10(8)11(14)15/h6,9,11,16H,5,7H2,1-4H3,(H,19,20)/t9-/m0/s1. The van der Waals surface area contributed by atoms with E-state index in [2.05, 4.69) is 10.4 Å². The van der Waals surface area contributed by atoms with Crippen LogP contribution in [0.3, 0.4) is 0 Å². The minimum atomic E-state index is -2.67. The van der Waals surface area contributed by atoms with E-state index in [4.69, 9.17) is 0 Å². The Morgan fingerprint density at radius 1 is 1.52 bits per heavy atom. The molecule has 1 rings (SSSR count). The zero-order valence-electron chi connectivity index (χ0n) is 12.6. The third kappa shape index (κ3) is 6.01. The second kappa shape index (κ2) is 7.22. The minimum Gasteiger partial charge on any atom is -0.480 e. The van der Waals surface area contributed by atoms with Gasteiger partial charge in [-0.15, -0.1) is 0 Å². The highest BCUT2D eigenvalue weighted by atomic mass is 32.2. The van der Waals surface area contributed by atoms with Crippen LogP contribution in [0.4, 0.5) is 8.78 Å². The molecule has 2 N–H and O–H groups in total. The Hall–Kier alpha value is -1.15. The van der Waals surface area contributed by atoms with Gasteiger partial charge < -0.3 is 5.11 Å². The van der Waals surface area contributed by atoms with Gasteiger partial charge in [-0.25, -0.2) is 8.78 Å². The fourth-order valence-electron chi connectivity index (χ4n) is 1.66. The van der Waals surface area contributed by atoms with Crippen molar-refractivity contribution < 1.29 is 18.7 Å². The van der Waals surface area contributed by atoms with Crippen LogP contribution < -0.4 is 5.32 Å². The van der Waals surface area contributed by atoms with E-state index in [9.17, 15) is 18.7 Å². The molecule has 0 aliphatic rings. The average Bonchev–Trinajstić information content (AvgIpc) is 2.68. The minimum absolute atomic E-state index is 0.0508. The van der Waals surface area contributed by atoms with Crippen molar-refractivity contribution in [2.45, 2.75) is 44.5 Å². The van der Waals surface area contributed by atoms with E-state index in [1.165, 1.54) is 22.6 Å². The van der Waals surface area contributed by atoms with E-state index >= 15 is 0 Å². The summed E-state index contributed by atoms with van der Waals surface area (Å²) in [5.41, 5.74) is 0.0112. The molecule has 0 aliphatic heterocycles. The van der Waals surface area contributed by atoms with E-state index in [-0.39, 0.29) is 17.0 Å². The largest absolute Gasteiger partial charge is 0.480 e. The van der Waals surface area contributed by atoms with Gasteiger partial charge in [0.05, 0.1) is 0 Å². The molecule has 0 bridgehead atoms. The van der Waals surface area contributed by atoms with Crippen molar-refractivity contribution in [3.05, 3.63) is 17.5 Å². The molecule has 0 aromatic carbocycles. The maximum Gasteiger partial charge on any atom is 0.321 e. The number of nitrogens with zero attached hydrogens (tertiary/aromatic N) is 2. The summed E-state index contributed by atoms with van der Waals surface area (Å²) in [6, 6.07) is -0.792. The smallest absolute Gasteiger partial charge is 0.321 e. The monoisotopic (exact) mass is 321 g/mol. The molecule has 0 fully saturated rings. The van der Waals surface area contributed by atoms with E-state index in [0.29, 0.717) is 11.3 Å². The summed E-state index contributed by atoms with van der Waals surface area (Å²) in [4.78, 5) is 11.2. The fraction of sp³-hybridized carbons (Fsp3) is 0.692. The van der Waals surface area contributed by atoms with E-state index in [0.717, 1.165) is 0 Å². The molecular formula is C13H21F2N3O2S. The number of halogens is 2. The Balaban J connectivity index is 2.67. The topological polar surface area (TPSA) is 67.2 Å².